The standard InChI is InChI=1S/C11H19N2O.ClH/c1-4-6-11-12(7-5-2)8-9-13(11)10(3)14;/h4-5,10,14H,1-2,6-9H2,3H3;1H/q+1;/p-1. The van der Waals surface area contributed by atoms with Crippen LogP contribution in [-0.2, 0) is 0 Å². The third kappa shape index (κ3) is 3.36. The van der Waals surface area contributed by atoms with Crippen LogP contribution < -0.4 is 12.4 Å². The molecule has 0 aromatic heterocycles. The van der Waals surface area contributed by atoms with Gasteiger partial charge in [0.2, 0.25) is 0 Å². The second kappa shape index (κ2) is 6.64. The maximum atomic E-state index is 9.55. The van der Waals surface area contributed by atoms with Gasteiger partial charge >= 0.3 is 0 Å². The number of hydrogen-bond acceptors (Lipinski definition) is 2. The minimum atomic E-state index is -0.417. The molecule has 1 unspecified atom stereocenters. The molecule has 1 rings (SSSR count). The summed E-state index contributed by atoms with van der Waals surface area (Å²) in [6.45, 7) is 11.9. The molecule has 0 radical (unpaired) electrons. The number of amidine groups is 1. The smallest absolute Gasteiger partial charge is 0.253 e. The number of aliphatic hydroxyl groups is 1. The second-order valence-electron chi connectivity index (χ2n) is 3.47. The van der Waals surface area contributed by atoms with Crippen LogP contribution in [0.4, 0.5) is 0 Å². The molecule has 0 saturated heterocycles. The van der Waals surface area contributed by atoms with E-state index in [1.165, 1.54) is 0 Å². The molecule has 1 heterocycles. The first kappa shape index (κ1) is 14.2. The van der Waals surface area contributed by atoms with E-state index in [9.17, 15) is 5.11 Å². The number of aliphatic hydroxyl groups excluding tert-OH is 1. The molecule has 0 amide bonds. The van der Waals surface area contributed by atoms with Crippen molar-refractivity contribution in [3.63, 3.8) is 0 Å². The highest BCUT2D eigenvalue weighted by Gasteiger charge is 2.30. The molecule has 0 aromatic carbocycles. The number of rotatable bonds is 5. The van der Waals surface area contributed by atoms with Gasteiger partial charge in [-0.3, -0.25) is 4.90 Å². The minimum Gasteiger partial charge on any atom is -1.00 e. The molecule has 4 heteroatoms. The first-order valence-corrected chi connectivity index (χ1v) is 4.98. The van der Waals surface area contributed by atoms with Gasteiger partial charge in [0.15, 0.2) is 6.23 Å². The summed E-state index contributed by atoms with van der Waals surface area (Å²) in [6, 6.07) is 0. The first-order valence-electron chi connectivity index (χ1n) is 4.98. The Morgan fingerprint density at radius 2 is 2.20 bits per heavy atom. The van der Waals surface area contributed by atoms with Crippen molar-refractivity contribution >= 4 is 5.84 Å². The van der Waals surface area contributed by atoms with Gasteiger partial charge in [-0.2, -0.15) is 0 Å². The Morgan fingerprint density at radius 3 is 2.67 bits per heavy atom. The lowest BCUT2D eigenvalue weighted by molar-refractivity contribution is -0.597. The van der Waals surface area contributed by atoms with Gasteiger partial charge in [0, 0.05) is 6.92 Å². The van der Waals surface area contributed by atoms with Crippen LogP contribution in [0, 0.1) is 0 Å². The zero-order chi connectivity index (χ0) is 10.6. The van der Waals surface area contributed by atoms with Gasteiger partial charge in [-0.05, 0) is 0 Å². The Hall–Kier alpha value is -0.800. The third-order valence-corrected chi connectivity index (χ3v) is 2.43. The molecule has 0 aromatic rings. The summed E-state index contributed by atoms with van der Waals surface area (Å²) in [5.41, 5.74) is 0. The van der Waals surface area contributed by atoms with Crippen molar-refractivity contribution in [3.05, 3.63) is 25.3 Å². The average Bonchev–Trinajstić information content (AvgIpc) is 2.50. The fourth-order valence-corrected chi connectivity index (χ4v) is 1.80. The van der Waals surface area contributed by atoms with Gasteiger partial charge in [-0.25, -0.2) is 4.58 Å². The quantitative estimate of drug-likeness (QED) is 0.430. The van der Waals surface area contributed by atoms with Crippen LogP contribution in [-0.4, -0.2) is 46.3 Å². The number of halogens is 1. The van der Waals surface area contributed by atoms with E-state index in [1.807, 2.05) is 16.7 Å². The zero-order valence-electron chi connectivity index (χ0n) is 9.19. The van der Waals surface area contributed by atoms with E-state index in [2.05, 4.69) is 18.1 Å². The molecule has 15 heavy (non-hydrogen) atoms. The Balaban J connectivity index is 0.00000196. The van der Waals surface area contributed by atoms with Gasteiger partial charge in [0.05, 0.1) is 6.42 Å². The monoisotopic (exact) mass is 230 g/mol. The fraction of sp³-hybridized carbons (Fsp3) is 0.545. The lowest BCUT2D eigenvalue weighted by Crippen LogP contribution is -3.00. The molecule has 0 saturated carbocycles. The van der Waals surface area contributed by atoms with Crippen molar-refractivity contribution in [1.82, 2.24) is 4.90 Å². The molecule has 1 aliphatic heterocycles. The predicted octanol–water partition coefficient (Wildman–Crippen LogP) is -2.18. The average molecular weight is 231 g/mol. The van der Waals surface area contributed by atoms with Gasteiger partial charge in [-0.1, -0.05) is 18.7 Å². The largest absolute Gasteiger partial charge is 1.00 e. The summed E-state index contributed by atoms with van der Waals surface area (Å²) in [5.74, 6) is 1.15. The van der Waals surface area contributed by atoms with E-state index in [0.29, 0.717) is 0 Å². The van der Waals surface area contributed by atoms with E-state index >= 15 is 0 Å². The van der Waals surface area contributed by atoms with E-state index < -0.39 is 6.23 Å². The third-order valence-electron chi connectivity index (χ3n) is 2.43. The lowest BCUT2D eigenvalue weighted by Gasteiger charge is -2.11. The molecular weight excluding hydrogens is 212 g/mol. The molecule has 1 N–H and O–H groups in total. The van der Waals surface area contributed by atoms with Crippen molar-refractivity contribution < 1.29 is 22.1 Å². The van der Waals surface area contributed by atoms with E-state index in [1.54, 1.807) is 6.92 Å². The van der Waals surface area contributed by atoms with Crippen LogP contribution in [0.3, 0.4) is 0 Å². The van der Waals surface area contributed by atoms with Crippen LogP contribution in [0.5, 0.6) is 0 Å². The molecule has 0 aliphatic carbocycles. The summed E-state index contributed by atoms with van der Waals surface area (Å²) in [5, 5.41) is 9.55. The highest BCUT2D eigenvalue weighted by Crippen LogP contribution is 2.07. The topological polar surface area (TPSA) is 26.5 Å². The highest BCUT2D eigenvalue weighted by molar-refractivity contribution is 5.80. The maximum absolute atomic E-state index is 9.55. The van der Waals surface area contributed by atoms with Gasteiger partial charge < -0.3 is 17.5 Å². The molecule has 3 nitrogen and oxygen atoms in total. The van der Waals surface area contributed by atoms with Crippen molar-refractivity contribution in [2.75, 3.05) is 19.6 Å². The van der Waals surface area contributed by atoms with E-state index in [0.717, 1.165) is 31.9 Å². The van der Waals surface area contributed by atoms with Crippen molar-refractivity contribution in [2.45, 2.75) is 19.6 Å². The Kier molecular flexibility index (Phi) is 6.29. The minimum absolute atomic E-state index is 0. The molecule has 86 valence electrons. The number of nitrogens with zero attached hydrogens (tertiary/aromatic N) is 2. The summed E-state index contributed by atoms with van der Waals surface area (Å²) >= 11 is 0. The van der Waals surface area contributed by atoms with E-state index in [4.69, 9.17) is 0 Å². The first-order chi connectivity index (χ1) is 6.70. The van der Waals surface area contributed by atoms with Gasteiger partial charge in [0.1, 0.15) is 19.6 Å². The van der Waals surface area contributed by atoms with Gasteiger partial charge in [0.25, 0.3) is 5.84 Å². The predicted molar refractivity (Wildman–Crippen MR) is 58.4 cm³/mol. The zero-order valence-corrected chi connectivity index (χ0v) is 9.95. The molecular formula is C11H19ClN2O. The van der Waals surface area contributed by atoms with Crippen LogP contribution in [0.1, 0.15) is 13.3 Å². The summed E-state index contributed by atoms with van der Waals surface area (Å²) in [6.07, 6.45) is 4.14. The summed E-state index contributed by atoms with van der Waals surface area (Å²) in [4.78, 5) is 2.22. The van der Waals surface area contributed by atoms with Crippen LogP contribution in [0.25, 0.3) is 0 Å². The molecule has 0 spiro atoms. The Bertz CT molecular complexity index is 261. The molecule has 0 bridgehead atoms. The summed E-state index contributed by atoms with van der Waals surface area (Å²) < 4.78 is 2.01. The van der Waals surface area contributed by atoms with E-state index in [-0.39, 0.29) is 12.4 Å². The SMILES string of the molecule is C=CCC1=[N+](C(C)O)CCN1CC=C.[Cl-]. The fourth-order valence-electron chi connectivity index (χ4n) is 1.80. The second-order valence-corrected chi connectivity index (χ2v) is 3.47. The summed E-state index contributed by atoms with van der Waals surface area (Å²) in [7, 11) is 0. The Morgan fingerprint density at radius 1 is 1.53 bits per heavy atom. The van der Waals surface area contributed by atoms with Crippen LogP contribution >= 0.6 is 0 Å². The highest BCUT2D eigenvalue weighted by atomic mass is 35.5. The van der Waals surface area contributed by atoms with Crippen LogP contribution in [0.15, 0.2) is 25.3 Å². The molecule has 1 aliphatic rings. The van der Waals surface area contributed by atoms with Gasteiger partial charge in [-0.15, -0.1) is 6.58 Å². The maximum Gasteiger partial charge on any atom is 0.253 e. The normalized spacial score (nSPS) is 17.3. The number of hydrogen-bond donors (Lipinski definition) is 1. The van der Waals surface area contributed by atoms with Crippen molar-refractivity contribution in [3.8, 4) is 0 Å². The van der Waals surface area contributed by atoms with Crippen molar-refractivity contribution in [1.29, 1.82) is 0 Å². The van der Waals surface area contributed by atoms with Crippen LogP contribution in [0.2, 0.25) is 0 Å². The molecule has 0 fully saturated rings. The lowest BCUT2D eigenvalue weighted by atomic mass is 10.3. The Labute approximate surface area is 97.8 Å². The van der Waals surface area contributed by atoms with Crippen molar-refractivity contribution in [2.24, 2.45) is 0 Å². The molecule has 1 atom stereocenters.